The summed E-state index contributed by atoms with van der Waals surface area (Å²) in [7, 11) is 4.23. The predicted octanol–water partition coefficient (Wildman–Crippen LogP) is 1.48. The van der Waals surface area contributed by atoms with Crippen molar-refractivity contribution in [2.45, 2.75) is 18.9 Å². The maximum Gasteiger partial charge on any atom is 0.101 e. The van der Waals surface area contributed by atoms with E-state index in [9.17, 15) is 0 Å². The van der Waals surface area contributed by atoms with Crippen LogP contribution in [0.4, 0.5) is 5.69 Å². The minimum atomic E-state index is 0.565. The Bertz CT molecular complexity index is 422. The summed E-state index contributed by atoms with van der Waals surface area (Å²) in [6.07, 6.45) is 5.88. The van der Waals surface area contributed by atoms with Crippen molar-refractivity contribution in [3.8, 4) is 6.07 Å². The third-order valence-corrected chi connectivity index (χ3v) is 3.39. The van der Waals surface area contributed by atoms with Gasteiger partial charge in [0.25, 0.3) is 0 Å². The van der Waals surface area contributed by atoms with Gasteiger partial charge in [-0.15, -0.1) is 0 Å². The van der Waals surface area contributed by atoms with Crippen LogP contribution in [0.15, 0.2) is 18.5 Å². The van der Waals surface area contributed by atoms with Gasteiger partial charge in [-0.25, -0.2) is 0 Å². The molecular formula is C13H18N4. The van der Waals surface area contributed by atoms with Gasteiger partial charge >= 0.3 is 0 Å². The lowest BCUT2D eigenvalue weighted by Gasteiger charge is -2.37. The minimum Gasteiger partial charge on any atom is -0.368 e. The maximum absolute atomic E-state index is 9.11. The molecule has 4 heteroatoms. The number of piperidine rings is 1. The van der Waals surface area contributed by atoms with Gasteiger partial charge in [-0.2, -0.15) is 5.26 Å². The first-order valence-electron chi connectivity index (χ1n) is 5.98. The van der Waals surface area contributed by atoms with Gasteiger partial charge in [-0.3, -0.25) is 4.98 Å². The van der Waals surface area contributed by atoms with E-state index in [0.29, 0.717) is 6.04 Å². The SMILES string of the molecule is CN(C)C1CCCN(c2cnccc2C#N)C1. The normalized spacial score (nSPS) is 20.4. The number of likely N-dealkylation sites (N-methyl/N-ethyl adjacent to an activating group) is 1. The topological polar surface area (TPSA) is 43.2 Å². The molecule has 1 aliphatic rings. The number of nitrogens with zero attached hydrogens (tertiary/aromatic N) is 4. The van der Waals surface area contributed by atoms with Crippen molar-refractivity contribution in [2.75, 3.05) is 32.1 Å². The number of hydrogen-bond acceptors (Lipinski definition) is 4. The summed E-state index contributed by atoms with van der Waals surface area (Å²) in [5.41, 5.74) is 1.70. The maximum atomic E-state index is 9.11. The molecule has 1 saturated heterocycles. The Balaban J connectivity index is 2.19. The molecule has 4 nitrogen and oxygen atoms in total. The van der Waals surface area contributed by atoms with Crippen LogP contribution in [0.5, 0.6) is 0 Å². The lowest BCUT2D eigenvalue weighted by Crippen LogP contribution is -2.45. The van der Waals surface area contributed by atoms with E-state index in [4.69, 9.17) is 5.26 Å². The van der Waals surface area contributed by atoms with Gasteiger partial charge in [0.05, 0.1) is 17.4 Å². The van der Waals surface area contributed by atoms with Crippen LogP contribution in [0.3, 0.4) is 0 Å². The van der Waals surface area contributed by atoms with E-state index in [1.54, 1.807) is 18.5 Å². The van der Waals surface area contributed by atoms with Crippen LogP contribution in [0.2, 0.25) is 0 Å². The second-order valence-corrected chi connectivity index (χ2v) is 4.71. The van der Waals surface area contributed by atoms with E-state index in [-0.39, 0.29) is 0 Å². The van der Waals surface area contributed by atoms with Gasteiger partial charge < -0.3 is 9.80 Å². The van der Waals surface area contributed by atoms with Gasteiger partial charge in [0.1, 0.15) is 6.07 Å². The van der Waals surface area contributed by atoms with Crippen molar-refractivity contribution < 1.29 is 0 Å². The van der Waals surface area contributed by atoms with E-state index >= 15 is 0 Å². The van der Waals surface area contributed by atoms with E-state index < -0.39 is 0 Å². The van der Waals surface area contributed by atoms with E-state index in [2.05, 4.69) is 34.9 Å². The van der Waals surface area contributed by atoms with Crippen molar-refractivity contribution in [3.63, 3.8) is 0 Å². The van der Waals surface area contributed by atoms with Gasteiger partial charge in [0, 0.05) is 25.3 Å². The summed E-state index contributed by atoms with van der Waals surface area (Å²) >= 11 is 0. The molecule has 0 saturated carbocycles. The highest BCUT2D eigenvalue weighted by molar-refractivity contribution is 5.57. The zero-order chi connectivity index (χ0) is 12.3. The number of nitriles is 1. The minimum absolute atomic E-state index is 0.565. The fourth-order valence-corrected chi connectivity index (χ4v) is 2.33. The molecule has 17 heavy (non-hydrogen) atoms. The Morgan fingerprint density at radius 3 is 3.06 bits per heavy atom. The van der Waals surface area contributed by atoms with Gasteiger partial charge in [0.15, 0.2) is 0 Å². The number of rotatable bonds is 2. The number of pyridine rings is 1. The first kappa shape index (κ1) is 11.9. The molecular weight excluding hydrogens is 212 g/mol. The molecule has 0 radical (unpaired) electrons. The molecule has 1 atom stereocenters. The molecule has 1 aromatic rings. The quantitative estimate of drug-likeness (QED) is 0.772. The van der Waals surface area contributed by atoms with Crippen LogP contribution in [-0.2, 0) is 0 Å². The predicted molar refractivity (Wildman–Crippen MR) is 67.9 cm³/mol. The molecule has 1 fully saturated rings. The zero-order valence-electron chi connectivity index (χ0n) is 10.4. The van der Waals surface area contributed by atoms with E-state index in [0.717, 1.165) is 24.3 Å². The van der Waals surface area contributed by atoms with Crippen molar-refractivity contribution in [2.24, 2.45) is 0 Å². The highest BCUT2D eigenvalue weighted by Gasteiger charge is 2.23. The number of aromatic nitrogens is 1. The lowest BCUT2D eigenvalue weighted by molar-refractivity contribution is 0.258. The molecule has 0 aliphatic carbocycles. The van der Waals surface area contributed by atoms with Gasteiger partial charge in [-0.05, 0) is 33.0 Å². The van der Waals surface area contributed by atoms with Crippen molar-refractivity contribution in [1.29, 1.82) is 5.26 Å². The third kappa shape index (κ3) is 2.56. The summed E-state index contributed by atoms with van der Waals surface area (Å²) in [5, 5.41) is 9.11. The molecule has 0 amide bonds. The summed E-state index contributed by atoms with van der Waals surface area (Å²) in [6.45, 7) is 2.00. The van der Waals surface area contributed by atoms with Crippen LogP contribution in [0.1, 0.15) is 18.4 Å². The molecule has 0 aromatic carbocycles. The molecule has 1 aliphatic heterocycles. The van der Waals surface area contributed by atoms with Crippen molar-refractivity contribution in [1.82, 2.24) is 9.88 Å². The Kier molecular flexibility index (Phi) is 3.60. The smallest absolute Gasteiger partial charge is 0.101 e. The summed E-state index contributed by atoms with van der Waals surface area (Å²) in [6, 6.07) is 4.59. The second kappa shape index (κ2) is 5.15. The number of hydrogen-bond donors (Lipinski definition) is 0. The fraction of sp³-hybridized carbons (Fsp3) is 0.538. The molecule has 1 aromatic heterocycles. The van der Waals surface area contributed by atoms with E-state index in [1.165, 1.54) is 12.8 Å². The monoisotopic (exact) mass is 230 g/mol. The van der Waals surface area contributed by atoms with Gasteiger partial charge in [-0.1, -0.05) is 0 Å². The van der Waals surface area contributed by atoms with Gasteiger partial charge in [0.2, 0.25) is 0 Å². The summed E-state index contributed by atoms with van der Waals surface area (Å²) in [4.78, 5) is 8.67. The Hall–Kier alpha value is -1.60. The lowest BCUT2D eigenvalue weighted by atomic mass is 10.0. The molecule has 2 rings (SSSR count). The summed E-state index contributed by atoms with van der Waals surface area (Å²) in [5.74, 6) is 0. The molecule has 0 spiro atoms. The molecule has 0 N–H and O–H groups in total. The van der Waals surface area contributed by atoms with Crippen LogP contribution in [0.25, 0.3) is 0 Å². The molecule has 0 bridgehead atoms. The zero-order valence-corrected chi connectivity index (χ0v) is 10.4. The average molecular weight is 230 g/mol. The largest absolute Gasteiger partial charge is 0.368 e. The highest BCUT2D eigenvalue weighted by atomic mass is 15.2. The fourth-order valence-electron chi connectivity index (χ4n) is 2.33. The second-order valence-electron chi connectivity index (χ2n) is 4.71. The first-order chi connectivity index (χ1) is 8.22. The third-order valence-electron chi connectivity index (χ3n) is 3.39. The molecule has 2 heterocycles. The molecule has 1 unspecified atom stereocenters. The van der Waals surface area contributed by atoms with Crippen LogP contribution >= 0.6 is 0 Å². The standard InChI is InChI=1S/C13H18N4/c1-16(2)12-4-3-7-17(10-12)13-9-15-6-5-11(13)8-14/h5-6,9,12H,3-4,7,10H2,1-2H3. The first-order valence-corrected chi connectivity index (χ1v) is 5.98. The Labute approximate surface area is 102 Å². The Morgan fingerprint density at radius 2 is 2.35 bits per heavy atom. The summed E-state index contributed by atoms with van der Waals surface area (Å²) < 4.78 is 0. The number of anilines is 1. The molecule has 90 valence electrons. The van der Waals surface area contributed by atoms with Crippen molar-refractivity contribution in [3.05, 3.63) is 24.0 Å². The van der Waals surface area contributed by atoms with Crippen LogP contribution in [-0.4, -0.2) is 43.1 Å². The van der Waals surface area contributed by atoms with E-state index in [1.807, 2.05) is 0 Å². The Morgan fingerprint density at radius 1 is 1.53 bits per heavy atom. The van der Waals surface area contributed by atoms with Crippen molar-refractivity contribution >= 4 is 5.69 Å². The average Bonchev–Trinajstić information content (AvgIpc) is 2.39. The highest BCUT2D eigenvalue weighted by Crippen LogP contribution is 2.23. The van der Waals surface area contributed by atoms with Crippen LogP contribution < -0.4 is 4.90 Å². The van der Waals surface area contributed by atoms with Crippen LogP contribution in [0, 0.1) is 11.3 Å².